The van der Waals surface area contributed by atoms with E-state index < -0.39 is 77.7 Å². The van der Waals surface area contributed by atoms with Crippen LogP contribution in [0.25, 0.3) is 0 Å². The van der Waals surface area contributed by atoms with Crippen LogP contribution in [0.5, 0.6) is 34.5 Å². The molecule has 17 nitrogen and oxygen atoms in total. The summed E-state index contributed by atoms with van der Waals surface area (Å²) in [4.78, 5) is 23.2. The summed E-state index contributed by atoms with van der Waals surface area (Å²) in [5.74, 6) is 0.454. The first kappa shape index (κ1) is 80.4. The molecule has 0 radical (unpaired) electrons. The number of aliphatic hydroxyl groups is 4. The fraction of sp³-hybridized carbons (Fsp3) is 0.317. The van der Waals surface area contributed by atoms with E-state index in [0.29, 0.717) is 52.0 Å². The summed E-state index contributed by atoms with van der Waals surface area (Å²) in [6.45, 7) is -0.536. The van der Waals surface area contributed by atoms with Crippen LogP contribution in [-0.2, 0) is 35.1 Å². The Bertz CT molecular complexity index is 4030. The fourth-order valence-corrected chi connectivity index (χ4v) is 13.6. The van der Waals surface area contributed by atoms with Crippen LogP contribution in [0.2, 0.25) is 0 Å². The van der Waals surface area contributed by atoms with Crippen molar-refractivity contribution >= 4 is 23.4 Å². The molecule has 3 aliphatic rings. The number of nitrogens with zero attached hydrogens (tertiary/aromatic N) is 2. The summed E-state index contributed by atoms with van der Waals surface area (Å²) < 4.78 is 121. The Morgan fingerprint density at radius 3 is 0.934 bits per heavy atom. The summed E-state index contributed by atoms with van der Waals surface area (Å²) in [5.41, 5.74) is 6.10. The first-order valence-electron chi connectivity index (χ1n) is 34.0. The Morgan fingerprint density at radius 2 is 0.651 bits per heavy atom. The van der Waals surface area contributed by atoms with Crippen molar-refractivity contribution in [3.63, 3.8) is 0 Å². The molecule has 3 saturated heterocycles. The summed E-state index contributed by atoms with van der Waals surface area (Å²) in [6, 6.07) is 74.0. The van der Waals surface area contributed by atoms with Gasteiger partial charge >= 0.3 is 24.2 Å². The monoisotopic (exact) mass is 1490 g/mol. The number of rotatable bonds is 22. The van der Waals surface area contributed by atoms with Crippen molar-refractivity contribution in [2.75, 3.05) is 82.1 Å². The minimum atomic E-state index is -5.05. The maximum Gasteiger partial charge on any atom is 0.471 e. The van der Waals surface area contributed by atoms with Gasteiger partial charge in [-0.2, -0.15) is 26.3 Å². The van der Waals surface area contributed by atoms with Gasteiger partial charge in [0.1, 0.15) is 50.6 Å². The second-order valence-corrected chi connectivity index (χ2v) is 25.9. The number of alkyl halides is 7. The van der Waals surface area contributed by atoms with Crippen LogP contribution >= 0.6 is 11.6 Å². The van der Waals surface area contributed by atoms with Gasteiger partial charge in [-0.1, -0.05) is 164 Å². The minimum absolute atomic E-state index is 0.0156. The van der Waals surface area contributed by atoms with Gasteiger partial charge in [-0.15, -0.1) is 11.6 Å². The molecule has 3 aliphatic heterocycles. The van der Waals surface area contributed by atoms with Gasteiger partial charge in [0.05, 0.1) is 92.9 Å². The molecule has 0 unspecified atom stereocenters. The minimum Gasteiger partial charge on any atom is -0.497 e. The van der Waals surface area contributed by atoms with Gasteiger partial charge in [-0.25, -0.2) is 0 Å². The largest absolute Gasteiger partial charge is 0.497 e. The first-order valence-corrected chi connectivity index (χ1v) is 34.4. The number of likely N-dealkylation sites (tertiary alicyclic amines) is 2. The zero-order valence-corrected chi connectivity index (χ0v) is 60.0. The highest BCUT2D eigenvalue weighted by Gasteiger charge is 2.50. The number of β-amino-alcohol motifs (C(OH)–C–C–N with tert-alkyl or cyclic N) is 3. The van der Waals surface area contributed by atoms with Crippen molar-refractivity contribution in [1.29, 1.82) is 0 Å². The molecule has 0 saturated carbocycles. The van der Waals surface area contributed by atoms with Crippen molar-refractivity contribution in [2.45, 2.75) is 84.1 Å². The molecule has 0 aromatic heterocycles. The second-order valence-electron chi connectivity index (χ2n) is 25.3. The fourth-order valence-electron chi connectivity index (χ4n) is 13.3. The summed E-state index contributed by atoms with van der Waals surface area (Å²) in [5, 5.41) is 41.2. The van der Waals surface area contributed by atoms with Crippen molar-refractivity contribution in [1.82, 2.24) is 15.1 Å². The molecule has 0 spiro atoms. The van der Waals surface area contributed by atoms with Crippen LogP contribution in [0, 0.1) is 0 Å². The number of amides is 2. The van der Waals surface area contributed by atoms with Gasteiger partial charge in [0.2, 0.25) is 0 Å². The summed E-state index contributed by atoms with van der Waals surface area (Å²) in [7, 11) is 9.74. The van der Waals surface area contributed by atoms with E-state index in [2.05, 4.69) is 17.4 Å². The van der Waals surface area contributed by atoms with E-state index in [1.54, 1.807) is 66.9 Å². The van der Waals surface area contributed by atoms with Gasteiger partial charge in [0, 0.05) is 25.7 Å². The van der Waals surface area contributed by atoms with Gasteiger partial charge < -0.3 is 73.4 Å². The van der Waals surface area contributed by atoms with Crippen LogP contribution in [0.4, 0.5) is 26.3 Å². The lowest BCUT2D eigenvalue weighted by Crippen LogP contribution is -2.47. The zero-order valence-electron chi connectivity index (χ0n) is 59.3. The molecule has 3 heterocycles. The smallest absolute Gasteiger partial charge is 0.471 e. The topological polar surface area (TPSA) is 207 Å². The second kappa shape index (κ2) is 36.5. The SMILES string of the molecule is COc1ccc(C(Cl)(c2ccccc2)c2ccc(OC)cc2)cc1.COc1ccc(C(OC[C@@H]2C[C@@H](O)CN2)(c2ccccc2)c2ccc(OC)cc2)cc1.COc1ccc(C(OC[C@@H]2C[C@@H](O)CN2C(=O)C(F)(F)F)(c2ccccc2)c2ccc(OC)cc2)cc1.O=C(N1C[C@H](O)C[C@H]1CO)C(F)(F)F. The summed E-state index contributed by atoms with van der Waals surface area (Å²) >= 11 is 7.22. The molecule has 24 heteroatoms. The lowest BCUT2D eigenvalue weighted by molar-refractivity contribution is -0.188. The van der Waals surface area contributed by atoms with Crippen LogP contribution in [0.15, 0.2) is 237 Å². The van der Waals surface area contributed by atoms with Crippen LogP contribution < -0.4 is 33.7 Å². The quantitative estimate of drug-likeness (QED) is 0.0243. The summed E-state index contributed by atoms with van der Waals surface area (Å²) in [6.07, 6.45) is -11.8. The number of aliphatic hydroxyl groups excluding tert-OH is 4. The molecule has 562 valence electrons. The molecule has 0 aliphatic carbocycles. The van der Waals surface area contributed by atoms with E-state index in [1.807, 2.05) is 200 Å². The number of carbonyl (C=O) groups excluding carboxylic acids is 2. The Morgan fingerprint density at radius 1 is 0.387 bits per heavy atom. The van der Waals surface area contributed by atoms with Gasteiger partial charge in [0.25, 0.3) is 0 Å². The average molecular weight is 1490 g/mol. The third kappa shape index (κ3) is 19.1. The zero-order chi connectivity index (χ0) is 76.2. The highest BCUT2D eigenvalue weighted by Crippen LogP contribution is 2.47. The molecule has 5 N–H and O–H groups in total. The lowest BCUT2D eigenvalue weighted by Gasteiger charge is -2.38. The van der Waals surface area contributed by atoms with Crippen LogP contribution in [-0.4, -0.2) is 173 Å². The van der Waals surface area contributed by atoms with Gasteiger partial charge in [-0.3, -0.25) is 9.59 Å². The Labute approximate surface area is 617 Å². The number of benzene rings is 9. The van der Waals surface area contributed by atoms with E-state index in [-0.39, 0.29) is 38.1 Å². The maximum absolute atomic E-state index is 13.3. The lowest BCUT2D eigenvalue weighted by atomic mass is 9.80. The Hall–Kier alpha value is -9.69. The molecule has 9 aromatic rings. The number of methoxy groups -OCH3 is 6. The molecule has 106 heavy (non-hydrogen) atoms. The average Bonchev–Trinajstić information content (AvgIpc) is 1.31. The Balaban J connectivity index is 0.000000171. The number of nitrogens with one attached hydrogen (secondary N) is 1. The third-order valence-electron chi connectivity index (χ3n) is 18.7. The van der Waals surface area contributed by atoms with Crippen molar-refractivity contribution in [3.05, 3.63) is 287 Å². The molecule has 12 rings (SSSR count). The number of halogens is 7. The first-order chi connectivity index (χ1) is 50.9. The van der Waals surface area contributed by atoms with E-state index in [1.165, 1.54) is 0 Å². The van der Waals surface area contributed by atoms with Gasteiger partial charge in [-0.05, 0) is 142 Å². The van der Waals surface area contributed by atoms with Crippen LogP contribution in [0.1, 0.15) is 69.3 Å². The predicted molar refractivity (Wildman–Crippen MR) is 389 cm³/mol. The van der Waals surface area contributed by atoms with Crippen LogP contribution in [0.3, 0.4) is 0 Å². The predicted octanol–water partition coefficient (Wildman–Crippen LogP) is 13.0. The molecule has 9 aromatic carbocycles. The highest BCUT2D eigenvalue weighted by atomic mass is 35.5. The molecule has 0 bridgehead atoms. The normalized spacial score (nSPS) is 18.0. The number of carbonyl (C=O) groups is 2. The number of hydrogen-bond donors (Lipinski definition) is 5. The number of ether oxygens (including phenoxy) is 8. The highest BCUT2D eigenvalue weighted by molar-refractivity contribution is 6.28. The molecular weight excluding hydrogens is 1400 g/mol. The third-order valence-corrected chi connectivity index (χ3v) is 19.3. The van der Waals surface area contributed by atoms with E-state index >= 15 is 0 Å². The van der Waals surface area contributed by atoms with Gasteiger partial charge in [0.15, 0.2) is 0 Å². The Kier molecular flexibility index (Phi) is 27.7. The van der Waals surface area contributed by atoms with Crippen molar-refractivity contribution in [3.8, 4) is 34.5 Å². The molecule has 2 amide bonds. The molecule has 6 atom stereocenters. The molecular formula is C82H86ClF6N3O14. The van der Waals surface area contributed by atoms with E-state index in [4.69, 9.17) is 59.7 Å². The maximum atomic E-state index is 13.3. The van der Waals surface area contributed by atoms with E-state index in [0.717, 1.165) is 61.9 Å². The molecule has 3 fully saturated rings. The van der Waals surface area contributed by atoms with Crippen molar-refractivity contribution < 1.29 is 94.3 Å². The van der Waals surface area contributed by atoms with E-state index in [9.17, 15) is 46.1 Å². The standard InChI is InChI=1S/C28H28F3NO5.C26H29NO4.C21H19ClO2.C7H10F3NO3/c1-35-24-12-8-20(9-13-24)27(19-6-4-3-5-7-19,21-10-14-25(36-2)15-11-21)37-18-22-16-23(33)17-32(22)26(34)28(29,30)31;1-29-24-12-8-20(9-13-24)26(19-6-4-3-5-7-19,21-10-14-25(30-2)15-11-21)31-18-22-16-23(28)17-27-22;1-23-19-12-8-17(9-13-19)21(22,16-6-4-3-5-7-16)18-10-14-20(24-2)15-11-18;8-7(9,10)6(14)11-2-5(13)1-4(11)3-12/h3-15,22-23,33H,16-18H2,1-2H3;3-15,22-23,27-28H,16-18H2,1-2H3;3-15H,1-2H3;4-5,12-13H,1-3H2/t2*22-,23+;;4-,5+/m00.0/s1. The van der Waals surface area contributed by atoms with Crippen molar-refractivity contribution in [2.24, 2.45) is 0 Å². The number of hydrogen-bond acceptors (Lipinski definition) is 15.